The lowest BCUT2D eigenvalue weighted by Crippen LogP contribution is -2.24. The number of hydrogen-bond acceptors (Lipinski definition) is 4. The Balaban J connectivity index is 1.39. The minimum Gasteiger partial charge on any atom is -0.338 e. The molecule has 2 aromatic carbocycles. The SMILES string of the molecule is O=C1CC(c2noc(C3(c4ccccc4)CC3)n2)CN1c1ccccc1. The maximum absolute atomic E-state index is 12.4. The van der Waals surface area contributed by atoms with Gasteiger partial charge in [0.15, 0.2) is 5.82 Å². The van der Waals surface area contributed by atoms with Gasteiger partial charge in [0.05, 0.1) is 5.41 Å². The van der Waals surface area contributed by atoms with Gasteiger partial charge in [-0.2, -0.15) is 4.98 Å². The van der Waals surface area contributed by atoms with E-state index >= 15 is 0 Å². The average Bonchev–Trinajstić information content (AvgIpc) is 3.18. The first-order chi connectivity index (χ1) is 12.8. The van der Waals surface area contributed by atoms with Crippen LogP contribution in [0, 0.1) is 0 Å². The second kappa shape index (κ2) is 5.80. The standard InChI is InChI=1S/C21H19N3O2/c25-18-13-15(14-24(18)17-9-5-2-6-10-17)19-22-20(26-23-19)21(11-12-21)16-7-3-1-4-8-16/h1-10,15H,11-14H2. The zero-order chi connectivity index (χ0) is 17.6. The Morgan fingerprint density at radius 2 is 1.69 bits per heavy atom. The number of hydrogen-bond donors (Lipinski definition) is 0. The van der Waals surface area contributed by atoms with Gasteiger partial charge in [0, 0.05) is 24.6 Å². The van der Waals surface area contributed by atoms with Crippen LogP contribution in [0.3, 0.4) is 0 Å². The van der Waals surface area contributed by atoms with Crippen LogP contribution in [0.15, 0.2) is 65.2 Å². The van der Waals surface area contributed by atoms with Crippen molar-refractivity contribution in [3.63, 3.8) is 0 Å². The number of carbonyl (C=O) groups is 1. The fourth-order valence-electron chi connectivity index (χ4n) is 3.84. The first-order valence-corrected chi connectivity index (χ1v) is 9.01. The van der Waals surface area contributed by atoms with E-state index in [4.69, 9.17) is 9.51 Å². The molecule has 130 valence electrons. The van der Waals surface area contributed by atoms with Gasteiger partial charge in [0.25, 0.3) is 0 Å². The summed E-state index contributed by atoms with van der Waals surface area (Å²) in [6, 6.07) is 20.1. The molecule has 1 unspecified atom stereocenters. The van der Waals surface area contributed by atoms with E-state index in [1.807, 2.05) is 53.4 Å². The Kier molecular flexibility index (Phi) is 3.42. The Labute approximate surface area is 151 Å². The number of anilines is 1. The van der Waals surface area contributed by atoms with Crippen molar-refractivity contribution in [3.05, 3.63) is 77.9 Å². The molecule has 26 heavy (non-hydrogen) atoms. The maximum Gasteiger partial charge on any atom is 0.237 e. The van der Waals surface area contributed by atoms with Crippen LogP contribution in [0.1, 0.15) is 42.5 Å². The average molecular weight is 345 g/mol. The third-order valence-electron chi connectivity index (χ3n) is 5.49. The zero-order valence-electron chi connectivity index (χ0n) is 14.3. The van der Waals surface area contributed by atoms with E-state index in [2.05, 4.69) is 17.3 Å². The summed E-state index contributed by atoms with van der Waals surface area (Å²) in [5.41, 5.74) is 2.02. The molecule has 2 heterocycles. The number of benzene rings is 2. The van der Waals surface area contributed by atoms with Gasteiger partial charge in [-0.15, -0.1) is 0 Å². The fraction of sp³-hybridized carbons (Fsp3) is 0.286. The largest absolute Gasteiger partial charge is 0.338 e. The number of amides is 1. The third kappa shape index (κ3) is 2.43. The highest BCUT2D eigenvalue weighted by atomic mass is 16.5. The molecule has 5 heteroatoms. The molecule has 2 fully saturated rings. The second-order valence-corrected chi connectivity index (χ2v) is 7.15. The summed E-state index contributed by atoms with van der Waals surface area (Å²) >= 11 is 0. The van der Waals surface area contributed by atoms with Crippen LogP contribution < -0.4 is 4.90 Å². The topological polar surface area (TPSA) is 59.2 Å². The number of aromatic nitrogens is 2. The molecule has 5 nitrogen and oxygen atoms in total. The van der Waals surface area contributed by atoms with Crippen molar-refractivity contribution in [2.24, 2.45) is 0 Å². The van der Waals surface area contributed by atoms with Crippen LogP contribution in [0.5, 0.6) is 0 Å². The normalized spacial score (nSPS) is 21.2. The van der Waals surface area contributed by atoms with Gasteiger partial charge < -0.3 is 9.42 Å². The van der Waals surface area contributed by atoms with Crippen molar-refractivity contribution in [1.82, 2.24) is 10.1 Å². The van der Waals surface area contributed by atoms with Crippen LogP contribution in [-0.4, -0.2) is 22.6 Å². The molecule has 1 atom stereocenters. The minimum atomic E-state index is -0.131. The molecule has 0 N–H and O–H groups in total. The Hall–Kier alpha value is -2.95. The van der Waals surface area contributed by atoms with Gasteiger partial charge >= 0.3 is 0 Å². The third-order valence-corrected chi connectivity index (χ3v) is 5.49. The Morgan fingerprint density at radius 3 is 2.38 bits per heavy atom. The van der Waals surface area contributed by atoms with Crippen LogP contribution in [0.4, 0.5) is 5.69 Å². The van der Waals surface area contributed by atoms with E-state index in [0.29, 0.717) is 24.7 Å². The van der Waals surface area contributed by atoms with E-state index in [9.17, 15) is 4.79 Å². The number of rotatable bonds is 4. The van der Waals surface area contributed by atoms with Crippen molar-refractivity contribution >= 4 is 11.6 Å². The predicted octanol–water partition coefficient (Wildman–Crippen LogP) is 3.67. The molecule has 5 rings (SSSR count). The molecule has 2 aliphatic rings. The van der Waals surface area contributed by atoms with Crippen molar-refractivity contribution in [2.75, 3.05) is 11.4 Å². The molecule has 1 saturated heterocycles. The van der Waals surface area contributed by atoms with Crippen molar-refractivity contribution < 1.29 is 9.32 Å². The fourth-order valence-corrected chi connectivity index (χ4v) is 3.84. The molecule has 0 bridgehead atoms. The molecule has 0 spiro atoms. The molecule has 1 saturated carbocycles. The van der Waals surface area contributed by atoms with Crippen LogP contribution in [0.25, 0.3) is 0 Å². The van der Waals surface area contributed by atoms with Crippen LogP contribution in [-0.2, 0) is 10.2 Å². The highest BCUT2D eigenvalue weighted by Gasteiger charge is 2.51. The molecular formula is C21H19N3O2. The van der Waals surface area contributed by atoms with Gasteiger partial charge in [-0.05, 0) is 30.5 Å². The summed E-state index contributed by atoms with van der Waals surface area (Å²) in [5.74, 6) is 1.42. The summed E-state index contributed by atoms with van der Waals surface area (Å²) in [5, 5.41) is 4.23. The highest BCUT2D eigenvalue weighted by Crippen LogP contribution is 2.53. The van der Waals surface area contributed by atoms with Gasteiger partial charge in [0.2, 0.25) is 11.8 Å². The van der Waals surface area contributed by atoms with E-state index in [0.717, 1.165) is 18.5 Å². The summed E-state index contributed by atoms with van der Waals surface area (Å²) in [6.45, 7) is 0.597. The lowest BCUT2D eigenvalue weighted by molar-refractivity contribution is -0.117. The first kappa shape index (κ1) is 15.3. The molecule has 0 radical (unpaired) electrons. The monoisotopic (exact) mass is 345 g/mol. The van der Waals surface area contributed by atoms with Crippen molar-refractivity contribution in [1.29, 1.82) is 0 Å². The first-order valence-electron chi connectivity index (χ1n) is 9.01. The van der Waals surface area contributed by atoms with E-state index in [1.165, 1.54) is 5.56 Å². The molecule has 1 aliphatic heterocycles. The lowest BCUT2D eigenvalue weighted by atomic mass is 9.96. The van der Waals surface area contributed by atoms with E-state index in [1.54, 1.807) is 0 Å². The van der Waals surface area contributed by atoms with Gasteiger partial charge in [-0.25, -0.2) is 0 Å². The van der Waals surface area contributed by atoms with Gasteiger partial charge in [0.1, 0.15) is 0 Å². The van der Waals surface area contributed by atoms with E-state index < -0.39 is 0 Å². The van der Waals surface area contributed by atoms with Crippen molar-refractivity contribution in [3.8, 4) is 0 Å². The van der Waals surface area contributed by atoms with Gasteiger partial charge in [-0.1, -0.05) is 53.7 Å². The Bertz CT molecular complexity index is 932. The van der Waals surface area contributed by atoms with Gasteiger partial charge in [-0.3, -0.25) is 4.79 Å². The lowest BCUT2D eigenvalue weighted by Gasteiger charge is -2.15. The smallest absolute Gasteiger partial charge is 0.237 e. The summed E-state index contributed by atoms with van der Waals surface area (Å²) in [4.78, 5) is 19.0. The van der Waals surface area contributed by atoms with Crippen LogP contribution in [0.2, 0.25) is 0 Å². The number of para-hydroxylation sites is 1. The number of carbonyl (C=O) groups excluding carboxylic acids is 1. The highest BCUT2D eigenvalue weighted by molar-refractivity contribution is 5.96. The molecular weight excluding hydrogens is 326 g/mol. The van der Waals surface area contributed by atoms with E-state index in [-0.39, 0.29) is 17.2 Å². The number of nitrogens with zero attached hydrogens (tertiary/aromatic N) is 3. The zero-order valence-corrected chi connectivity index (χ0v) is 14.3. The summed E-state index contributed by atoms with van der Waals surface area (Å²) < 4.78 is 5.64. The maximum atomic E-state index is 12.4. The van der Waals surface area contributed by atoms with Crippen molar-refractivity contribution in [2.45, 2.75) is 30.6 Å². The molecule has 1 amide bonds. The van der Waals surface area contributed by atoms with Crippen LogP contribution >= 0.6 is 0 Å². The second-order valence-electron chi connectivity index (χ2n) is 7.15. The Morgan fingerprint density at radius 1 is 1.00 bits per heavy atom. The quantitative estimate of drug-likeness (QED) is 0.724. The predicted molar refractivity (Wildman–Crippen MR) is 96.9 cm³/mol. The summed E-state index contributed by atoms with van der Waals surface area (Å²) in [6.07, 6.45) is 2.48. The minimum absolute atomic E-state index is 0.0215. The summed E-state index contributed by atoms with van der Waals surface area (Å²) in [7, 11) is 0. The molecule has 1 aliphatic carbocycles. The molecule has 3 aromatic rings. The molecule has 1 aromatic heterocycles.